The lowest BCUT2D eigenvalue weighted by atomic mass is 9.90. The molecule has 1 aliphatic heterocycles. The van der Waals surface area contributed by atoms with E-state index in [2.05, 4.69) is 33.9 Å². The second-order valence-corrected chi connectivity index (χ2v) is 12.2. The summed E-state index contributed by atoms with van der Waals surface area (Å²) in [5.74, 6) is -2.26. The van der Waals surface area contributed by atoms with Gasteiger partial charge in [-0.05, 0) is 24.6 Å². The highest BCUT2D eigenvalue weighted by molar-refractivity contribution is 6.74. The van der Waals surface area contributed by atoms with Crippen LogP contribution in [0.5, 0.6) is 0 Å². The molecule has 0 aromatic carbocycles. The summed E-state index contributed by atoms with van der Waals surface area (Å²) in [6, 6.07) is -0.516. The minimum absolute atomic E-state index is 0.00205. The van der Waals surface area contributed by atoms with Gasteiger partial charge in [-0.1, -0.05) is 20.8 Å². The molecule has 0 radical (unpaired) electrons. The highest BCUT2D eigenvalue weighted by Gasteiger charge is 2.43. The SMILES string of the molecule is CC(C)(C)[Si](C)(C)OC[C@@H]1CC(O)C(C(=O)O)CN1C(=O)O. The maximum absolute atomic E-state index is 11.4. The molecule has 0 aromatic heterocycles. The standard InChI is InChI=1S/C14H27NO6Si/c1-14(2,3)22(4,5)21-8-9-6-11(16)10(12(17)18)7-15(9)13(19)20/h9-11,16H,6-8H2,1-5H3,(H,17,18)(H,19,20)/t9-,10?,11?/m0/s1. The van der Waals surface area contributed by atoms with Crippen LogP contribution in [0.25, 0.3) is 0 Å². The van der Waals surface area contributed by atoms with Crippen LogP contribution < -0.4 is 0 Å². The summed E-state index contributed by atoms with van der Waals surface area (Å²) in [6.45, 7) is 10.4. The molecule has 0 spiro atoms. The molecular weight excluding hydrogens is 306 g/mol. The third kappa shape index (κ3) is 4.20. The zero-order valence-electron chi connectivity index (χ0n) is 13.9. The number of carboxylic acids is 1. The number of likely N-dealkylation sites (tertiary alicyclic amines) is 1. The van der Waals surface area contributed by atoms with Gasteiger partial charge in [0.15, 0.2) is 8.32 Å². The highest BCUT2D eigenvalue weighted by Crippen LogP contribution is 2.37. The molecule has 3 atom stereocenters. The number of carboxylic acid groups (broad SMARTS) is 2. The fourth-order valence-electron chi connectivity index (χ4n) is 2.21. The fraction of sp³-hybridized carbons (Fsp3) is 0.857. The van der Waals surface area contributed by atoms with Crippen molar-refractivity contribution in [1.29, 1.82) is 0 Å². The molecule has 1 fully saturated rings. The van der Waals surface area contributed by atoms with E-state index in [-0.39, 0.29) is 24.6 Å². The highest BCUT2D eigenvalue weighted by atomic mass is 28.4. The Morgan fingerprint density at radius 3 is 2.23 bits per heavy atom. The van der Waals surface area contributed by atoms with Crippen LogP contribution in [-0.4, -0.2) is 65.9 Å². The van der Waals surface area contributed by atoms with Crippen molar-refractivity contribution < 1.29 is 29.3 Å². The third-order valence-electron chi connectivity index (χ3n) is 4.82. The molecule has 0 saturated carbocycles. The van der Waals surface area contributed by atoms with Crippen molar-refractivity contribution in [3.63, 3.8) is 0 Å². The van der Waals surface area contributed by atoms with Crippen molar-refractivity contribution in [2.75, 3.05) is 13.2 Å². The lowest BCUT2D eigenvalue weighted by Crippen LogP contribution is -2.56. The number of aliphatic carboxylic acids is 1. The van der Waals surface area contributed by atoms with Crippen LogP contribution in [-0.2, 0) is 9.22 Å². The van der Waals surface area contributed by atoms with Crippen molar-refractivity contribution in [1.82, 2.24) is 4.90 Å². The van der Waals surface area contributed by atoms with Gasteiger partial charge in [-0.2, -0.15) is 0 Å². The second-order valence-electron chi connectivity index (χ2n) is 7.41. The zero-order chi connectivity index (χ0) is 17.3. The van der Waals surface area contributed by atoms with Crippen LogP contribution in [0.1, 0.15) is 27.2 Å². The zero-order valence-corrected chi connectivity index (χ0v) is 14.9. The quantitative estimate of drug-likeness (QED) is 0.677. The largest absolute Gasteiger partial charge is 0.481 e. The van der Waals surface area contributed by atoms with E-state index in [1.165, 1.54) is 0 Å². The Kier molecular flexibility index (Phi) is 5.64. The number of amides is 1. The van der Waals surface area contributed by atoms with E-state index in [0.717, 1.165) is 4.90 Å². The Morgan fingerprint density at radius 2 is 1.82 bits per heavy atom. The van der Waals surface area contributed by atoms with Gasteiger partial charge in [0, 0.05) is 6.54 Å². The van der Waals surface area contributed by atoms with E-state index in [1.54, 1.807) is 0 Å². The van der Waals surface area contributed by atoms with Gasteiger partial charge in [0.25, 0.3) is 0 Å². The van der Waals surface area contributed by atoms with Gasteiger partial charge < -0.3 is 24.6 Å². The molecule has 1 saturated heterocycles. The Labute approximate surface area is 132 Å². The van der Waals surface area contributed by atoms with Gasteiger partial charge in [-0.15, -0.1) is 0 Å². The summed E-state index contributed by atoms with van der Waals surface area (Å²) in [6.07, 6.45) is -2.15. The third-order valence-corrected chi connectivity index (χ3v) is 9.32. The van der Waals surface area contributed by atoms with Gasteiger partial charge in [0.05, 0.1) is 18.8 Å². The lowest BCUT2D eigenvalue weighted by molar-refractivity contribution is -0.149. The lowest BCUT2D eigenvalue weighted by Gasteiger charge is -2.42. The van der Waals surface area contributed by atoms with E-state index in [1.807, 2.05) is 0 Å². The molecule has 8 heteroatoms. The monoisotopic (exact) mass is 333 g/mol. The molecule has 0 aromatic rings. The van der Waals surface area contributed by atoms with Crippen molar-refractivity contribution in [3.05, 3.63) is 0 Å². The number of carbonyl (C=O) groups is 2. The molecule has 22 heavy (non-hydrogen) atoms. The molecule has 1 aliphatic rings. The normalized spacial score (nSPS) is 26.8. The summed E-state index contributed by atoms with van der Waals surface area (Å²) < 4.78 is 6.03. The molecular formula is C14H27NO6Si. The maximum Gasteiger partial charge on any atom is 0.407 e. The minimum atomic E-state index is -2.03. The molecule has 0 aliphatic carbocycles. The number of rotatable bonds is 4. The van der Waals surface area contributed by atoms with Crippen LogP contribution in [0.15, 0.2) is 0 Å². The summed E-state index contributed by atoms with van der Waals surface area (Å²) in [7, 11) is -2.03. The Morgan fingerprint density at radius 1 is 1.27 bits per heavy atom. The average molecular weight is 333 g/mol. The maximum atomic E-state index is 11.4. The van der Waals surface area contributed by atoms with Crippen LogP contribution >= 0.6 is 0 Å². The molecule has 3 N–H and O–H groups in total. The first-order valence-corrected chi connectivity index (χ1v) is 10.3. The average Bonchev–Trinajstić information content (AvgIpc) is 2.34. The molecule has 128 valence electrons. The van der Waals surface area contributed by atoms with Gasteiger partial charge in [-0.25, -0.2) is 4.79 Å². The number of hydrogen-bond donors (Lipinski definition) is 3. The number of piperidine rings is 1. The fourth-order valence-corrected chi connectivity index (χ4v) is 3.25. The molecule has 7 nitrogen and oxygen atoms in total. The van der Waals surface area contributed by atoms with Crippen molar-refractivity contribution in [2.45, 2.75) is 57.5 Å². The van der Waals surface area contributed by atoms with Gasteiger partial charge in [0.1, 0.15) is 5.92 Å². The first-order valence-electron chi connectivity index (χ1n) is 7.41. The molecule has 1 rings (SSSR count). The van der Waals surface area contributed by atoms with Gasteiger partial charge in [-0.3, -0.25) is 4.79 Å². The predicted octanol–water partition coefficient (Wildman–Crippen LogP) is 1.82. The van der Waals surface area contributed by atoms with E-state index in [4.69, 9.17) is 9.53 Å². The summed E-state index contributed by atoms with van der Waals surface area (Å²) in [5, 5.41) is 28.3. The molecule has 1 heterocycles. The second kappa shape index (κ2) is 6.55. The van der Waals surface area contributed by atoms with Crippen molar-refractivity contribution in [2.24, 2.45) is 5.92 Å². The summed E-state index contributed by atoms with van der Waals surface area (Å²) >= 11 is 0. The minimum Gasteiger partial charge on any atom is -0.481 e. The summed E-state index contributed by atoms with van der Waals surface area (Å²) in [4.78, 5) is 23.5. The first-order chi connectivity index (χ1) is 9.86. The van der Waals surface area contributed by atoms with Crippen molar-refractivity contribution >= 4 is 20.4 Å². The summed E-state index contributed by atoms with van der Waals surface area (Å²) in [5.41, 5.74) is 0. The van der Waals surface area contributed by atoms with Crippen LogP contribution in [0.3, 0.4) is 0 Å². The molecule has 2 unspecified atom stereocenters. The Hall–Kier alpha value is -1.12. The topological polar surface area (TPSA) is 107 Å². The van der Waals surface area contributed by atoms with Gasteiger partial charge >= 0.3 is 12.1 Å². The molecule has 1 amide bonds. The Bertz CT molecular complexity index is 434. The van der Waals surface area contributed by atoms with Gasteiger partial charge in [0.2, 0.25) is 0 Å². The number of aliphatic hydroxyl groups is 1. The van der Waals surface area contributed by atoms with Crippen LogP contribution in [0, 0.1) is 5.92 Å². The smallest absolute Gasteiger partial charge is 0.407 e. The number of nitrogens with zero attached hydrogens (tertiary/aromatic N) is 1. The first kappa shape index (κ1) is 18.9. The van der Waals surface area contributed by atoms with Crippen LogP contribution in [0.2, 0.25) is 18.1 Å². The Balaban J connectivity index is 2.81. The van der Waals surface area contributed by atoms with Crippen LogP contribution in [0.4, 0.5) is 4.79 Å². The van der Waals surface area contributed by atoms with E-state index < -0.39 is 38.4 Å². The van der Waals surface area contributed by atoms with E-state index >= 15 is 0 Å². The van der Waals surface area contributed by atoms with E-state index in [9.17, 15) is 19.8 Å². The molecule has 0 bridgehead atoms. The number of hydrogen-bond acceptors (Lipinski definition) is 4. The number of aliphatic hydroxyl groups excluding tert-OH is 1. The van der Waals surface area contributed by atoms with E-state index in [0.29, 0.717) is 0 Å². The van der Waals surface area contributed by atoms with Crippen molar-refractivity contribution in [3.8, 4) is 0 Å². The predicted molar refractivity (Wildman–Crippen MR) is 83.4 cm³/mol.